The van der Waals surface area contributed by atoms with Crippen LogP contribution in [0.3, 0.4) is 0 Å². The van der Waals surface area contributed by atoms with Gasteiger partial charge in [0.15, 0.2) is 0 Å². The van der Waals surface area contributed by atoms with Gasteiger partial charge < -0.3 is 9.84 Å². The maximum atomic E-state index is 11.3. The molecule has 2 saturated carbocycles. The molecular weight excluding hydrogens is 276 g/mol. The number of aromatic carboxylic acids is 1. The molecule has 2 fully saturated rings. The first-order valence-corrected chi connectivity index (χ1v) is 7.68. The SMILES string of the molecule is O=C(O)c1ccc(Cl)cc1OC1CCC12CCCCC2. The molecule has 0 aliphatic heterocycles. The van der Waals surface area contributed by atoms with E-state index in [-0.39, 0.29) is 17.1 Å². The molecule has 0 bridgehead atoms. The van der Waals surface area contributed by atoms with Gasteiger partial charge in [-0.15, -0.1) is 0 Å². The Bertz CT molecular complexity index is 520. The topological polar surface area (TPSA) is 46.5 Å². The van der Waals surface area contributed by atoms with Crippen LogP contribution in [-0.4, -0.2) is 17.2 Å². The molecule has 1 atom stereocenters. The van der Waals surface area contributed by atoms with Gasteiger partial charge in [-0.3, -0.25) is 0 Å². The summed E-state index contributed by atoms with van der Waals surface area (Å²) in [7, 11) is 0. The van der Waals surface area contributed by atoms with E-state index in [0.717, 1.165) is 6.42 Å². The van der Waals surface area contributed by atoms with Gasteiger partial charge in [0.25, 0.3) is 0 Å². The second kappa shape index (κ2) is 5.28. The lowest BCUT2D eigenvalue weighted by Crippen LogP contribution is -2.49. The Balaban J connectivity index is 1.81. The lowest BCUT2D eigenvalue weighted by atomic mass is 9.58. The van der Waals surface area contributed by atoms with E-state index in [0.29, 0.717) is 10.8 Å². The molecule has 1 spiro atoms. The second-order valence-corrected chi connectivity index (χ2v) is 6.45. The van der Waals surface area contributed by atoms with Gasteiger partial charge in [0.05, 0.1) is 0 Å². The third-order valence-electron chi connectivity index (χ3n) is 4.88. The van der Waals surface area contributed by atoms with Gasteiger partial charge >= 0.3 is 5.97 Å². The van der Waals surface area contributed by atoms with Crippen molar-refractivity contribution in [3.8, 4) is 5.75 Å². The minimum Gasteiger partial charge on any atom is -0.489 e. The summed E-state index contributed by atoms with van der Waals surface area (Å²) < 4.78 is 6.05. The zero-order valence-corrected chi connectivity index (χ0v) is 12.2. The van der Waals surface area contributed by atoms with E-state index in [1.807, 2.05) is 0 Å². The zero-order valence-electron chi connectivity index (χ0n) is 11.4. The molecule has 3 rings (SSSR count). The van der Waals surface area contributed by atoms with Crippen LogP contribution in [0.2, 0.25) is 5.02 Å². The van der Waals surface area contributed by atoms with Crippen molar-refractivity contribution in [2.75, 3.05) is 0 Å². The molecule has 3 nitrogen and oxygen atoms in total. The summed E-state index contributed by atoms with van der Waals surface area (Å²) in [5.41, 5.74) is 0.489. The third-order valence-corrected chi connectivity index (χ3v) is 5.12. The van der Waals surface area contributed by atoms with Crippen molar-refractivity contribution in [2.24, 2.45) is 5.41 Å². The number of hydrogen-bond donors (Lipinski definition) is 1. The predicted molar refractivity (Wildman–Crippen MR) is 77.6 cm³/mol. The van der Waals surface area contributed by atoms with Crippen LogP contribution in [0.15, 0.2) is 18.2 Å². The molecule has 0 aromatic heterocycles. The summed E-state index contributed by atoms with van der Waals surface area (Å²) >= 11 is 5.97. The lowest BCUT2D eigenvalue weighted by molar-refractivity contribution is -0.0706. The molecule has 108 valence electrons. The molecule has 2 aliphatic rings. The summed E-state index contributed by atoms with van der Waals surface area (Å²) in [5, 5.41) is 9.75. The Kier molecular flexibility index (Phi) is 3.63. The van der Waals surface area contributed by atoms with Crippen LogP contribution in [0.25, 0.3) is 0 Å². The Hall–Kier alpha value is -1.22. The van der Waals surface area contributed by atoms with E-state index in [2.05, 4.69) is 0 Å². The molecule has 2 aliphatic carbocycles. The maximum Gasteiger partial charge on any atom is 0.339 e. The van der Waals surface area contributed by atoms with E-state index in [9.17, 15) is 9.90 Å². The summed E-state index contributed by atoms with van der Waals surface area (Å²) in [6.45, 7) is 0. The predicted octanol–water partition coefficient (Wildman–Crippen LogP) is 4.53. The van der Waals surface area contributed by atoms with Gasteiger partial charge in [-0.2, -0.15) is 0 Å². The van der Waals surface area contributed by atoms with E-state index in [4.69, 9.17) is 16.3 Å². The highest BCUT2D eigenvalue weighted by molar-refractivity contribution is 6.30. The van der Waals surface area contributed by atoms with E-state index in [1.165, 1.54) is 44.6 Å². The minimum absolute atomic E-state index is 0.152. The summed E-state index contributed by atoms with van der Waals surface area (Å²) in [6.07, 6.45) is 8.64. The molecule has 0 radical (unpaired) electrons. The largest absolute Gasteiger partial charge is 0.489 e. The average molecular weight is 295 g/mol. The molecule has 4 heteroatoms. The molecule has 1 aromatic carbocycles. The lowest BCUT2D eigenvalue weighted by Gasteiger charge is -2.51. The molecule has 0 heterocycles. The van der Waals surface area contributed by atoms with Crippen molar-refractivity contribution >= 4 is 17.6 Å². The van der Waals surface area contributed by atoms with E-state index in [1.54, 1.807) is 12.1 Å². The monoisotopic (exact) mass is 294 g/mol. The smallest absolute Gasteiger partial charge is 0.339 e. The van der Waals surface area contributed by atoms with Crippen LogP contribution in [0.5, 0.6) is 5.75 Å². The fourth-order valence-corrected chi connectivity index (χ4v) is 3.77. The quantitative estimate of drug-likeness (QED) is 0.891. The van der Waals surface area contributed by atoms with Crippen LogP contribution in [0.1, 0.15) is 55.3 Å². The molecular formula is C16H19ClO3. The summed E-state index contributed by atoms with van der Waals surface area (Å²) in [5.74, 6) is -0.548. The Labute approximate surface area is 123 Å². The molecule has 1 aromatic rings. The zero-order chi connectivity index (χ0) is 14.2. The first-order chi connectivity index (χ1) is 9.61. The van der Waals surface area contributed by atoms with Crippen LogP contribution in [0.4, 0.5) is 0 Å². The fourth-order valence-electron chi connectivity index (χ4n) is 3.61. The number of ether oxygens (including phenoxy) is 1. The minimum atomic E-state index is -0.964. The van der Waals surface area contributed by atoms with Gasteiger partial charge in [-0.25, -0.2) is 4.79 Å². The van der Waals surface area contributed by atoms with E-state index < -0.39 is 5.97 Å². The van der Waals surface area contributed by atoms with Crippen molar-refractivity contribution in [1.82, 2.24) is 0 Å². The van der Waals surface area contributed by atoms with Gasteiger partial charge in [0.2, 0.25) is 0 Å². The normalized spacial score (nSPS) is 24.1. The van der Waals surface area contributed by atoms with Gasteiger partial charge in [0, 0.05) is 10.4 Å². The van der Waals surface area contributed by atoms with Crippen LogP contribution in [-0.2, 0) is 0 Å². The summed E-state index contributed by atoms with van der Waals surface area (Å²) in [6, 6.07) is 4.74. The number of carbonyl (C=O) groups is 1. The van der Waals surface area contributed by atoms with Crippen LogP contribution < -0.4 is 4.74 Å². The molecule has 0 saturated heterocycles. The fraction of sp³-hybridized carbons (Fsp3) is 0.562. The first-order valence-electron chi connectivity index (χ1n) is 7.30. The second-order valence-electron chi connectivity index (χ2n) is 6.01. The van der Waals surface area contributed by atoms with Crippen LogP contribution in [0, 0.1) is 5.41 Å². The maximum absolute atomic E-state index is 11.3. The first kappa shape index (κ1) is 13.7. The highest BCUT2D eigenvalue weighted by Gasteiger charge is 2.48. The summed E-state index contributed by atoms with van der Waals surface area (Å²) in [4.78, 5) is 11.3. The number of benzene rings is 1. The van der Waals surface area contributed by atoms with E-state index >= 15 is 0 Å². The van der Waals surface area contributed by atoms with Crippen LogP contribution >= 0.6 is 11.6 Å². The number of carboxylic acids is 1. The van der Waals surface area contributed by atoms with Gasteiger partial charge in [-0.1, -0.05) is 30.9 Å². The molecule has 20 heavy (non-hydrogen) atoms. The molecule has 0 amide bonds. The molecule has 1 unspecified atom stereocenters. The van der Waals surface area contributed by atoms with Crippen molar-refractivity contribution in [3.05, 3.63) is 28.8 Å². The average Bonchev–Trinajstić information content (AvgIpc) is 2.44. The van der Waals surface area contributed by atoms with Crippen molar-refractivity contribution < 1.29 is 14.6 Å². The number of carboxylic acid groups (broad SMARTS) is 1. The third kappa shape index (κ3) is 2.39. The highest BCUT2D eigenvalue weighted by atomic mass is 35.5. The van der Waals surface area contributed by atoms with Gasteiger partial charge in [0.1, 0.15) is 17.4 Å². The number of rotatable bonds is 3. The Morgan fingerprint density at radius 1 is 1.25 bits per heavy atom. The van der Waals surface area contributed by atoms with Crippen molar-refractivity contribution in [1.29, 1.82) is 0 Å². The van der Waals surface area contributed by atoms with Gasteiger partial charge in [-0.05, 0) is 43.9 Å². The number of halogens is 1. The Morgan fingerprint density at radius 2 is 2.00 bits per heavy atom. The Morgan fingerprint density at radius 3 is 2.60 bits per heavy atom. The van der Waals surface area contributed by atoms with Crippen molar-refractivity contribution in [3.63, 3.8) is 0 Å². The standard InChI is InChI=1S/C16H19ClO3/c17-11-4-5-12(15(18)19)13(10-11)20-14-6-9-16(14)7-2-1-3-8-16/h4-5,10,14H,1-3,6-9H2,(H,18,19). The number of hydrogen-bond acceptors (Lipinski definition) is 2. The highest BCUT2D eigenvalue weighted by Crippen LogP contribution is 2.53. The van der Waals surface area contributed by atoms with Crippen molar-refractivity contribution in [2.45, 2.75) is 51.0 Å². The molecule has 1 N–H and O–H groups in total.